The van der Waals surface area contributed by atoms with Crippen LogP contribution in [0.2, 0.25) is 5.02 Å². The predicted molar refractivity (Wildman–Crippen MR) is 108 cm³/mol. The van der Waals surface area contributed by atoms with Gasteiger partial charge in [0.15, 0.2) is 4.80 Å². The highest BCUT2D eigenvalue weighted by atomic mass is 79.9. The van der Waals surface area contributed by atoms with E-state index in [1.165, 1.54) is 17.4 Å². The summed E-state index contributed by atoms with van der Waals surface area (Å²) in [5.41, 5.74) is 3.53. The molecular weight excluding hydrogens is 461 g/mol. The zero-order valence-electron chi connectivity index (χ0n) is 14.8. The maximum atomic E-state index is 13.6. The fraction of sp³-hybridized carbons (Fsp3) is 0.0476. The molecular formula is C21H15BrClFN3S-. The second-order valence-electron chi connectivity index (χ2n) is 5.96. The molecule has 0 aliphatic heterocycles. The first-order valence-electron chi connectivity index (χ1n) is 8.31. The predicted octanol–water partition coefficient (Wildman–Crippen LogP) is 2.94. The summed E-state index contributed by atoms with van der Waals surface area (Å²) in [6, 6.07) is 18.4. The average Bonchev–Trinajstić information content (AvgIpc) is 3.08. The van der Waals surface area contributed by atoms with Crippen molar-refractivity contribution in [3.8, 4) is 17.1 Å². The molecule has 0 N–H and O–H groups in total. The van der Waals surface area contributed by atoms with Crippen molar-refractivity contribution in [3.05, 3.63) is 93.4 Å². The van der Waals surface area contributed by atoms with Crippen molar-refractivity contribution in [2.75, 3.05) is 0 Å². The summed E-state index contributed by atoms with van der Waals surface area (Å²) in [5.74, 6) is 0.342. The number of nitrogens with zero attached hydrogens (tertiary/aromatic N) is 3. The molecule has 0 amide bonds. The first-order chi connectivity index (χ1) is 13.1. The van der Waals surface area contributed by atoms with Crippen molar-refractivity contribution in [1.29, 1.82) is 0 Å². The van der Waals surface area contributed by atoms with Gasteiger partial charge in [0.05, 0.1) is 16.4 Å². The first-order valence-corrected chi connectivity index (χ1v) is 9.57. The van der Waals surface area contributed by atoms with Crippen LogP contribution in [0.15, 0.2) is 77.2 Å². The molecule has 0 spiro atoms. The van der Waals surface area contributed by atoms with Gasteiger partial charge in [-0.3, -0.25) is 4.57 Å². The Kier molecular flexibility index (Phi) is 6.44. The van der Waals surface area contributed by atoms with Crippen LogP contribution in [0.1, 0.15) is 5.56 Å². The molecule has 0 unspecified atom stereocenters. The van der Waals surface area contributed by atoms with Crippen molar-refractivity contribution in [2.24, 2.45) is 4.99 Å². The maximum Gasteiger partial charge on any atom is 0.196 e. The van der Waals surface area contributed by atoms with Crippen LogP contribution in [0.25, 0.3) is 17.1 Å². The zero-order valence-corrected chi connectivity index (χ0v) is 18.0. The van der Waals surface area contributed by atoms with Crippen LogP contribution < -0.4 is 21.8 Å². The maximum absolute atomic E-state index is 13.6. The highest BCUT2D eigenvalue weighted by molar-refractivity contribution is 7.07. The molecule has 28 heavy (non-hydrogen) atoms. The summed E-state index contributed by atoms with van der Waals surface area (Å²) in [7, 11) is 0. The van der Waals surface area contributed by atoms with Gasteiger partial charge in [0.25, 0.3) is 0 Å². The molecule has 4 aromatic rings. The number of pyridine rings is 1. The van der Waals surface area contributed by atoms with E-state index in [9.17, 15) is 4.39 Å². The molecule has 0 aliphatic rings. The lowest BCUT2D eigenvalue weighted by molar-refractivity contribution is -0.00000593. The number of aromatic nitrogens is 2. The van der Waals surface area contributed by atoms with Crippen LogP contribution >= 0.6 is 22.9 Å². The Morgan fingerprint density at radius 2 is 1.86 bits per heavy atom. The standard InChI is InChI=1S/C21H15ClFN3S.BrH/c1-14-6-5-11-24-20(14)26-19(15-9-10-18(23)17(22)12-15)13-27-21(26)25-16-7-3-2-4-8-16;/h2-13H,1H3;1H/p-1. The van der Waals surface area contributed by atoms with Gasteiger partial charge in [-0.1, -0.05) is 35.9 Å². The van der Waals surface area contributed by atoms with Gasteiger partial charge in [0, 0.05) is 17.1 Å². The summed E-state index contributed by atoms with van der Waals surface area (Å²) in [5, 5.41) is 2.07. The Balaban J connectivity index is 0.00000225. The number of benzene rings is 2. The number of halogens is 3. The number of thiazole rings is 1. The summed E-state index contributed by atoms with van der Waals surface area (Å²) in [4.78, 5) is 10.1. The minimum atomic E-state index is -0.439. The third-order valence-electron chi connectivity index (χ3n) is 4.10. The van der Waals surface area contributed by atoms with E-state index in [1.807, 2.05) is 59.3 Å². The topological polar surface area (TPSA) is 30.2 Å². The van der Waals surface area contributed by atoms with Crippen LogP contribution in [-0.2, 0) is 0 Å². The van der Waals surface area contributed by atoms with E-state index in [1.54, 1.807) is 18.3 Å². The Bertz CT molecular complexity index is 1170. The van der Waals surface area contributed by atoms with Crippen LogP contribution in [0.4, 0.5) is 10.1 Å². The smallest absolute Gasteiger partial charge is 0.196 e. The van der Waals surface area contributed by atoms with Gasteiger partial charge >= 0.3 is 0 Å². The molecule has 0 saturated carbocycles. The second kappa shape index (κ2) is 8.82. The third kappa shape index (κ3) is 4.09. The molecule has 0 saturated heterocycles. The number of hydrogen-bond acceptors (Lipinski definition) is 3. The summed E-state index contributed by atoms with van der Waals surface area (Å²) >= 11 is 7.51. The quantitative estimate of drug-likeness (QED) is 0.448. The molecule has 3 nitrogen and oxygen atoms in total. The van der Waals surface area contributed by atoms with Crippen molar-refractivity contribution in [2.45, 2.75) is 6.92 Å². The lowest BCUT2D eigenvalue weighted by atomic mass is 10.1. The van der Waals surface area contributed by atoms with Crippen LogP contribution in [0, 0.1) is 12.7 Å². The lowest BCUT2D eigenvalue weighted by Crippen LogP contribution is -3.00. The van der Waals surface area contributed by atoms with E-state index < -0.39 is 5.82 Å². The molecule has 0 aliphatic carbocycles. The number of rotatable bonds is 3. The fourth-order valence-corrected chi connectivity index (χ4v) is 3.86. The molecule has 2 aromatic carbocycles. The van der Waals surface area contributed by atoms with Gasteiger partial charge in [-0.05, 0) is 48.9 Å². The Morgan fingerprint density at radius 1 is 1.07 bits per heavy atom. The zero-order chi connectivity index (χ0) is 18.8. The van der Waals surface area contributed by atoms with Crippen molar-refractivity contribution >= 4 is 28.6 Å². The van der Waals surface area contributed by atoms with Gasteiger partial charge in [0.1, 0.15) is 11.6 Å². The van der Waals surface area contributed by atoms with E-state index in [-0.39, 0.29) is 22.0 Å². The van der Waals surface area contributed by atoms with Crippen molar-refractivity contribution in [3.63, 3.8) is 0 Å². The van der Waals surface area contributed by atoms with E-state index >= 15 is 0 Å². The highest BCUT2D eigenvalue weighted by Crippen LogP contribution is 2.28. The van der Waals surface area contributed by atoms with Gasteiger partial charge in [-0.15, -0.1) is 11.3 Å². The molecule has 0 radical (unpaired) electrons. The SMILES string of the molecule is Cc1cccnc1-n1c(-c2ccc(F)c(Cl)c2)csc1=Nc1ccccc1.[Br-]. The lowest BCUT2D eigenvalue weighted by Gasteiger charge is -2.11. The molecule has 7 heteroatoms. The van der Waals surface area contributed by atoms with Crippen LogP contribution in [-0.4, -0.2) is 9.55 Å². The van der Waals surface area contributed by atoms with Crippen molar-refractivity contribution in [1.82, 2.24) is 9.55 Å². The molecule has 142 valence electrons. The molecule has 0 atom stereocenters. The highest BCUT2D eigenvalue weighted by Gasteiger charge is 2.14. The van der Waals surface area contributed by atoms with E-state index in [0.717, 1.165) is 33.1 Å². The molecule has 2 heterocycles. The first kappa shape index (κ1) is 20.5. The minimum Gasteiger partial charge on any atom is -1.00 e. The Hall–Kier alpha value is -2.28. The fourth-order valence-electron chi connectivity index (χ4n) is 2.78. The molecule has 2 aromatic heterocycles. The molecule has 4 rings (SSSR count). The molecule has 0 fully saturated rings. The number of aryl methyl sites for hydroxylation is 1. The average molecular weight is 476 g/mol. The summed E-state index contributed by atoms with van der Waals surface area (Å²) in [6.45, 7) is 2.00. The van der Waals surface area contributed by atoms with Crippen LogP contribution in [0.3, 0.4) is 0 Å². The van der Waals surface area contributed by atoms with Crippen molar-refractivity contribution < 1.29 is 21.4 Å². The Labute approximate surface area is 181 Å². The minimum absolute atomic E-state index is 0. The Morgan fingerprint density at radius 3 is 2.57 bits per heavy atom. The summed E-state index contributed by atoms with van der Waals surface area (Å²) in [6.07, 6.45) is 1.75. The van der Waals surface area contributed by atoms with E-state index in [2.05, 4.69) is 4.98 Å². The van der Waals surface area contributed by atoms with E-state index in [0.29, 0.717) is 0 Å². The van der Waals surface area contributed by atoms with Crippen LogP contribution in [0.5, 0.6) is 0 Å². The van der Waals surface area contributed by atoms with E-state index in [4.69, 9.17) is 16.6 Å². The van der Waals surface area contributed by atoms with Gasteiger partial charge in [0.2, 0.25) is 0 Å². The molecule has 0 bridgehead atoms. The van der Waals surface area contributed by atoms with Gasteiger partial charge in [-0.25, -0.2) is 14.4 Å². The largest absolute Gasteiger partial charge is 1.00 e. The van der Waals surface area contributed by atoms with Gasteiger partial charge in [-0.2, -0.15) is 0 Å². The second-order valence-corrected chi connectivity index (χ2v) is 7.20. The normalized spacial score (nSPS) is 11.3. The summed E-state index contributed by atoms with van der Waals surface area (Å²) < 4.78 is 15.6. The third-order valence-corrected chi connectivity index (χ3v) is 5.21. The number of hydrogen-bond donors (Lipinski definition) is 0. The monoisotopic (exact) mass is 474 g/mol. The van der Waals surface area contributed by atoms with Gasteiger partial charge < -0.3 is 17.0 Å². The number of para-hydroxylation sites is 1.